The molecular formula is C20H26N2O. The van der Waals surface area contributed by atoms with E-state index in [4.69, 9.17) is 4.74 Å². The molecule has 0 bridgehead atoms. The van der Waals surface area contributed by atoms with Crippen LogP contribution in [0.4, 0.5) is 0 Å². The molecule has 1 aliphatic rings. The summed E-state index contributed by atoms with van der Waals surface area (Å²) in [7, 11) is 0. The Bertz CT molecular complexity index is 684. The molecule has 2 heterocycles. The van der Waals surface area contributed by atoms with Gasteiger partial charge in [0.05, 0.1) is 0 Å². The Kier molecular flexibility index (Phi) is 4.40. The van der Waals surface area contributed by atoms with Crippen molar-refractivity contribution in [2.24, 2.45) is 0 Å². The van der Waals surface area contributed by atoms with Gasteiger partial charge in [0.2, 0.25) is 0 Å². The van der Waals surface area contributed by atoms with Gasteiger partial charge in [-0.1, -0.05) is 24.6 Å². The third-order valence-electron chi connectivity index (χ3n) is 4.86. The standard InChI is InChI=1S/C20H26N2O/c1-5-20(4)12-18(22-13-16-6-8-21-9-7-16)17-11-14(2)10-15(3)19(17)23-20/h6-11,18,22H,5,12-13H2,1-4H3. The molecule has 3 nitrogen and oxygen atoms in total. The van der Waals surface area contributed by atoms with Crippen molar-refractivity contribution in [3.8, 4) is 5.75 Å². The van der Waals surface area contributed by atoms with E-state index in [0.29, 0.717) is 6.04 Å². The Morgan fingerprint density at radius 3 is 2.70 bits per heavy atom. The maximum Gasteiger partial charge on any atom is 0.127 e. The van der Waals surface area contributed by atoms with Crippen molar-refractivity contribution in [1.29, 1.82) is 0 Å². The summed E-state index contributed by atoms with van der Waals surface area (Å²) >= 11 is 0. The molecule has 0 fully saturated rings. The van der Waals surface area contributed by atoms with Crippen molar-refractivity contribution in [2.75, 3.05) is 0 Å². The maximum atomic E-state index is 6.39. The van der Waals surface area contributed by atoms with E-state index in [-0.39, 0.29) is 5.60 Å². The molecule has 0 saturated carbocycles. The van der Waals surface area contributed by atoms with Crippen LogP contribution in [0, 0.1) is 13.8 Å². The van der Waals surface area contributed by atoms with E-state index in [1.165, 1.54) is 22.3 Å². The fraction of sp³-hybridized carbons (Fsp3) is 0.450. The summed E-state index contributed by atoms with van der Waals surface area (Å²) in [5, 5.41) is 3.73. The third-order valence-corrected chi connectivity index (χ3v) is 4.86. The van der Waals surface area contributed by atoms with Crippen LogP contribution in [0.2, 0.25) is 0 Å². The molecule has 0 amide bonds. The van der Waals surface area contributed by atoms with Gasteiger partial charge < -0.3 is 10.1 Å². The van der Waals surface area contributed by atoms with Crippen molar-refractivity contribution in [1.82, 2.24) is 10.3 Å². The van der Waals surface area contributed by atoms with Gasteiger partial charge in [0, 0.05) is 37.0 Å². The molecule has 0 spiro atoms. The zero-order valence-electron chi connectivity index (χ0n) is 14.5. The molecule has 1 aliphatic heterocycles. The smallest absolute Gasteiger partial charge is 0.127 e. The van der Waals surface area contributed by atoms with Gasteiger partial charge >= 0.3 is 0 Å². The summed E-state index contributed by atoms with van der Waals surface area (Å²) < 4.78 is 6.39. The molecule has 23 heavy (non-hydrogen) atoms. The molecule has 122 valence electrons. The van der Waals surface area contributed by atoms with Gasteiger partial charge in [0.15, 0.2) is 0 Å². The van der Waals surface area contributed by atoms with E-state index in [1.807, 2.05) is 12.4 Å². The molecule has 0 saturated heterocycles. The van der Waals surface area contributed by atoms with Crippen LogP contribution in [-0.2, 0) is 6.54 Å². The van der Waals surface area contributed by atoms with Gasteiger partial charge in [-0.05, 0) is 50.5 Å². The first-order valence-corrected chi connectivity index (χ1v) is 8.43. The van der Waals surface area contributed by atoms with Crippen LogP contribution in [0.5, 0.6) is 5.75 Å². The largest absolute Gasteiger partial charge is 0.487 e. The van der Waals surface area contributed by atoms with E-state index in [0.717, 1.165) is 25.1 Å². The summed E-state index contributed by atoms with van der Waals surface area (Å²) in [6, 6.07) is 8.92. The predicted octanol–water partition coefficient (Wildman–Crippen LogP) is 4.48. The number of rotatable bonds is 4. The van der Waals surface area contributed by atoms with E-state index in [1.54, 1.807) is 0 Å². The Morgan fingerprint density at radius 2 is 2.00 bits per heavy atom. The summed E-state index contributed by atoms with van der Waals surface area (Å²) in [5.74, 6) is 1.07. The average molecular weight is 310 g/mol. The van der Waals surface area contributed by atoms with Crippen LogP contribution in [0.1, 0.15) is 55.0 Å². The number of aryl methyl sites for hydroxylation is 2. The minimum Gasteiger partial charge on any atom is -0.487 e. The zero-order chi connectivity index (χ0) is 16.4. The van der Waals surface area contributed by atoms with Crippen LogP contribution in [-0.4, -0.2) is 10.6 Å². The number of aromatic nitrogens is 1. The Balaban J connectivity index is 1.90. The minimum atomic E-state index is -0.108. The van der Waals surface area contributed by atoms with Crippen molar-refractivity contribution >= 4 is 0 Å². The second kappa shape index (κ2) is 6.32. The van der Waals surface area contributed by atoms with Crippen molar-refractivity contribution < 1.29 is 4.74 Å². The summed E-state index contributed by atoms with van der Waals surface area (Å²) in [6.07, 6.45) is 5.69. The van der Waals surface area contributed by atoms with Crippen LogP contribution < -0.4 is 10.1 Å². The number of hydrogen-bond donors (Lipinski definition) is 1. The molecule has 2 aromatic rings. The predicted molar refractivity (Wildman–Crippen MR) is 93.7 cm³/mol. The van der Waals surface area contributed by atoms with E-state index in [9.17, 15) is 0 Å². The number of pyridine rings is 1. The monoisotopic (exact) mass is 310 g/mol. The summed E-state index contributed by atoms with van der Waals surface area (Å²) in [4.78, 5) is 4.09. The number of fused-ring (bicyclic) bond motifs is 1. The van der Waals surface area contributed by atoms with Gasteiger partial charge in [-0.15, -0.1) is 0 Å². The Morgan fingerprint density at radius 1 is 1.26 bits per heavy atom. The molecule has 0 aliphatic carbocycles. The van der Waals surface area contributed by atoms with Gasteiger partial charge in [0.25, 0.3) is 0 Å². The molecule has 1 aromatic carbocycles. The molecule has 0 radical (unpaired) electrons. The lowest BCUT2D eigenvalue weighted by Crippen LogP contribution is -2.41. The molecule has 3 heteroatoms. The fourth-order valence-corrected chi connectivity index (χ4v) is 3.36. The Labute approximate surface area is 139 Å². The first-order chi connectivity index (χ1) is 11.0. The van der Waals surface area contributed by atoms with Crippen LogP contribution in [0.15, 0.2) is 36.7 Å². The lowest BCUT2D eigenvalue weighted by Gasteiger charge is -2.41. The van der Waals surface area contributed by atoms with Gasteiger partial charge in [-0.3, -0.25) is 4.98 Å². The van der Waals surface area contributed by atoms with E-state index >= 15 is 0 Å². The second-order valence-electron chi connectivity index (χ2n) is 6.90. The number of benzene rings is 1. The van der Waals surface area contributed by atoms with Crippen LogP contribution in [0.3, 0.4) is 0 Å². The van der Waals surface area contributed by atoms with E-state index in [2.05, 4.69) is 62.3 Å². The van der Waals surface area contributed by atoms with Crippen LogP contribution >= 0.6 is 0 Å². The third kappa shape index (κ3) is 3.40. The van der Waals surface area contributed by atoms with Gasteiger partial charge in [0.1, 0.15) is 11.4 Å². The molecule has 1 aromatic heterocycles. The molecule has 2 atom stereocenters. The first kappa shape index (κ1) is 16.0. The van der Waals surface area contributed by atoms with Gasteiger partial charge in [-0.2, -0.15) is 0 Å². The highest BCUT2D eigenvalue weighted by atomic mass is 16.5. The average Bonchev–Trinajstić information content (AvgIpc) is 2.55. The highest BCUT2D eigenvalue weighted by Gasteiger charge is 2.36. The lowest BCUT2D eigenvalue weighted by molar-refractivity contribution is 0.0430. The van der Waals surface area contributed by atoms with Gasteiger partial charge in [-0.25, -0.2) is 0 Å². The minimum absolute atomic E-state index is 0.108. The number of hydrogen-bond acceptors (Lipinski definition) is 3. The summed E-state index contributed by atoms with van der Waals surface area (Å²) in [6.45, 7) is 9.57. The summed E-state index contributed by atoms with van der Waals surface area (Å²) in [5.41, 5.74) is 4.97. The number of ether oxygens (including phenoxy) is 1. The molecule has 1 N–H and O–H groups in total. The molecular weight excluding hydrogens is 284 g/mol. The normalized spacial score (nSPS) is 23.2. The van der Waals surface area contributed by atoms with E-state index < -0.39 is 0 Å². The fourth-order valence-electron chi connectivity index (χ4n) is 3.36. The van der Waals surface area contributed by atoms with Crippen molar-refractivity contribution in [3.63, 3.8) is 0 Å². The first-order valence-electron chi connectivity index (χ1n) is 8.43. The quantitative estimate of drug-likeness (QED) is 0.904. The molecule has 2 unspecified atom stereocenters. The Hall–Kier alpha value is -1.87. The number of nitrogens with zero attached hydrogens (tertiary/aromatic N) is 1. The highest BCUT2D eigenvalue weighted by Crippen LogP contribution is 2.43. The van der Waals surface area contributed by atoms with Crippen molar-refractivity contribution in [2.45, 2.75) is 58.7 Å². The molecule has 3 rings (SSSR count). The van der Waals surface area contributed by atoms with Crippen molar-refractivity contribution in [3.05, 3.63) is 58.9 Å². The lowest BCUT2D eigenvalue weighted by atomic mass is 9.85. The highest BCUT2D eigenvalue weighted by molar-refractivity contribution is 5.47. The van der Waals surface area contributed by atoms with Crippen LogP contribution in [0.25, 0.3) is 0 Å². The SMILES string of the molecule is CCC1(C)CC(NCc2ccncc2)c2cc(C)cc(C)c2O1. The number of nitrogens with one attached hydrogen (secondary N) is 1. The zero-order valence-corrected chi connectivity index (χ0v) is 14.5. The second-order valence-corrected chi connectivity index (χ2v) is 6.90. The maximum absolute atomic E-state index is 6.39. The topological polar surface area (TPSA) is 34.2 Å².